The van der Waals surface area contributed by atoms with Crippen molar-refractivity contribution in [1.82, 2.24) is 15.0 Å². The molecular weight excluding hydrogens is 300 g/mol. The summed E-state index contributed by atoms with van der Waals surface area (Å²) < 4.78 is 11.4. The molecule has 2 aromatic rings. The molecule has 122 valence electrons. The van der Waals surface area contributed by atoms with Gasteiger partial charge in [0.15, 0.2) is 17.3 Å². The first-order valence-electron chi connectivity index (χ1n) is 7.07. The van der Waals surface area contributed by atoms with Crippen LogP contribution in [0.3, 0.4) is 0 Å². The highest BCUT2D eigenvalue weighted by Gasteiger charge is 2.18. The Morgan fingerprint density at radius 3 is 2.52 bits per heavy atom. The van der Waals surface area contributed by atoms with E-state index in [1.165, 1.54) is 11.6 Å². The van der Waals surface area contributed by atoms with Crippen LogP contribution in [0.15, 0.2) is 24.3 Å². The van der Waals surface area contributed by atoms with E-state index in [1.807, 2.05) is 0 Å². The Hall–Kier alpha value is -2.90. The van der Waals surface area contributed by atoms with Crippen LogP contribution in [0.5, 0.6) is 5.75 Å². The third-order valence-electron chi connectivity index (χ3n) is 3.03. The molecule has 2 rings (SSSR count). The van der Waals surface area contributed by atoms with Gasteiger partial charge in [-0.1, -0.05) is 5.21 Å². The standard InChI is InChI=1S/C15H18N4O4/c1-4-23-13(21)9-16-15-14(10(2)20)17-18-19(15)11-5-7-12(22-3)8-6-11/h5-8,16H,4,9H2,1-3H3. The van der Waals surface area contributed by atoms with Crippen molar-refractivity contribution in [2.75, 3.05) is 25.6 Å². The summed E-state index contributed by atoms with van der Waals surface area (Å²) in [5.41, 5.74) is 0.835. The Balaban J connectivity index is 2.31. The zero-order chi connectivity index (χ0) is 16.8. The minimum absolute atomic E-state index is 0.0857. The fourth-order valence-corrected chi connectivity index (χ4v) is 1.95. The van der Waals surface area contributed by atoms with Gasteiger partial charge in [-0.15, -0.1) is 5.10 Å². The molecule has 23 heavy (non-hydrogen) atoms. The Bertz CT molecular complexity index is 694. The molecule has 0 aliphatic carbocycles. The first-order valence-corrected chi connectivity index (χ1v) is 7.07. The quantitative estimate of drug-likeness (QED) is 0.610. The molecule has 1 heterocycles. The lowest BCUT2D eigenvalue weighted by molar-refractivity contribution is -0.140. The van der Waals surface area contributed by atoms with Crippen molar-refractivity contribution < 1.29 is 19.1 Å². The summed E-state index contributed by atoms with van der Waals surface area (Å²) in [6, 6.07) is 7.07. The Kier molecular flexibility index (Phi) is 5.29. The maximum atomic E-state index is 11.7. The van der Waals surface area contributed by atoms with Crippen LogP contribution in [-0.4, -0.2) is 47.0 Å². The molecule has 0 unspecified atom stereocenters. The summed E-state index contributed by atoms with van der Waals surface area (Å²) in [4.78, 5) is 23.2. The predicted molar refractivity (Wildman–Crippen MR) is 83.0 cm³/mol. The minimum Gasteiger partial charge on any atom is -0.497 e. The molecule has 0 aliphatic heterocycles. The van der Waals surface area contributed by atoms with Crippen LogP contribution in [0.2, 0.25) is 0 Å². The van der Waals surface area contributed by atoms with Crippen molar-refractivity contribution in [3.05, 3.63) is 30.0 Å². The van der Waals surface area contributed by atoms with Gasteiger partial charge in [0.05, 0.1) is 19.4 Å². The van der Waals surface area contributed by atoms with Gasteiger partial charge in [-0.25, -0.2) is 0 Å². The normalized spacial score (nSPS) is 10.2. The second-order valence-electron chi connectivity index (χ2n) is 4.61. The van der Waals surface area contributed by atoms with Crippen molar-refractivity contribution in [1.29, 1.82) is 0 Å². The number of hydrogen-bond donors (Lipinski definition) is 1. The fraction of sp³-hybridized carbons (Fsp3) is 0.333. The Labute approximate surface area is 133 Å². The van der Waals surface area contributed by atoms with Crippen molar-refractivity contribution in [3.63, 3.8) is 0 Å². The molecule has 1 aromatic heterocycles. The first-order chi connectivity index (χ1) is 11.1. The molecule has 0 atom stereocenters. The molecule has 8 nitrogen and oxygen atoms in total. The SMILES string of the molecule is CCOC(=O)CNc1c(C(C)=O)nnn1-c1ccc(OC)cc1. The van der Waals surface area contributed by atoms with Crippen LogP contribution in [0.1, 0.15) is 24.3 Å². The number of methoxy groups -OCH3 is 1. The van der Waals surface area contributed by atoms with Gasteiger partial charge in [0.1, 0.15) is 12.3 Å². The number of esters is 1. The number of ether oxygens (including phenoxy) is 2. The van der Waals surface area contributed by atoms with Gasteiger partial charge >= 0.3 is 5.97 Å². The number of carbonyl (C=O) groups is 2. The largest absolute Gasteiger partial charge is 0.497 e. The van der Waals surface area contributed by atoms with E-state index in [-0.39, 0.29) is 24.6 Å². The summed E-state index contributed by atoms with van der Waals surface area (Å²) in [7, 11) is 1.57. The third kappa shape index (κ3) is 3.85. The van der Waals surface area contributed by atoms with E-state index in [4.69, 9.17) is 9.47 Å². The fourth-order valence-electron chi connectivity index (χ4n) is 1.95. The molecule has 0 spiro atoms. The molecule has 0 fully saturated rings. The Morgan fingerprint density at radius 2 is 1.96 bits per heavy atom. The molecule has 0 bridgehead atoms. The number of anilines is 1. The number of benzene rings is 1. The van der Waals surface area contributed by atoms with Gasteiger partial charge in [0.25, 0.3) is 0 Å². The maximum absolute atomic E-state index is 11.7. The second kappa shape index (κ2) is 7.39. The van der Waals surface area contributed by atoms with Gasteiger partial charge in [0.2, 0.25) is 0 Å². The van der Waals surface area contributed by atoms with Gasteiger partial charge in [-0.2, -0.15) is 4.68 Å². The van der Waals surface area contributed by atoms with Crippen molar-refractivity contribution >= 4 is 17.6 Å². The molecule has 1 aromatic carbocycles. The number of rotatable bonds is 7. The highest BCUT2D eigenvalue weighted by molar-refractivity contribution is 5.97. The van der Waals surface area contributed by atoms with Gasteiger partial charge < -0.3 is 14.8 Å². The topological polar surface area (TPSA) is 95.3 Å². The Morgan fingerprint density at radius 1 is 1.26 bits per heavy atom. The molecule has 0 radical (unpaired) electrons. The molecular formula is C15H18N4O4. The molecule has 0 saturated heterocycles. The summed E-state index contributed by atoms with van der Waals surface area (Å²) in [6.45, 7) is 3.31. The van der Waals surface area contributed by atoms with Gasteiger partial charge in [0, 0.05) is 6.92 Å². The molecule has 1 N–H and O–H groups in total. The van der Waals surface area contributed by atoms with Gasteiger partial charge in [-0.05, 0) is 31.2 Å². The van der Waals surface area contributed by atoms with Crippen LogP contribution >= 0.6 is 0 Å². The first kappa shape index (κ1) is 16.5. The maximum Gasteiger partial charge on any atom is 0.325 e. The van der Waals surface area contributed by atoms with Crippen molar-refractivity contribution in [2.24, 2.45) is 0 Å². The van der Waals surface area contributed by atoms with E-state index in [1.54, 1.807) is 38.3 Å². The lowest BCUT2D eigenvalue weighted by Gasteiger charge is -2.10. The van der Waals surface area contributed by atoms with E-state index >= 15 is 0 Å². The number of aromatic nitrogens is 3. The van der Waals surface area contributed by atoms with E-state index in [0.29, 0.717) is 17.3 Å². The number of carbonyl (C=O) groups excluding carboxylic acids is 2. The van der Waals surface area contributed by atoms with Crippen molar-refractivity contribution in [3.8, 4) is 11.4 Å². The zero-order valence-corrected chi connectivity index (χ0v) is 13.2. The number of nitrogens with zero attached hydrogens (tertiary/aromatic N) is 3. The molecule has 0 saturated carbocycles. The lowest BCUT2D eigenvalue weighted by Crippen LogP contribution is -2.19. The van der Waals surface area contributed by atoms with E-state index in [2.05, 4.69) is 15.6 Å². The number of ketones is 1. The third-order valence-corrected chi connectivity index (χ3v) is 3.03. The van der Waals surface area contributed by atoms with Crippen LogP contribution in [-0.2, 0) is 9.53 Å². The van der Waals surface area contributed by atoms with Crippen LogP contribution < -0.4 is 10.1 Å². The molecule has 0 amide bonds. The molecule has 8 heteroatoms. The van der Waals surface area contributed by atoms with Gasteiger partial charge in [-0.3, -0.25) is 9.59 Å². The smallest absolute Gasteiger partial charge is 0.325 e. The summed E-state index contributed by atoms with van der Waals surface area (Å²) in [5, 5.41) is 10.7. The van der Waals surface area contributed by atoms with E-state index in [9.17, 15) is 9.59 Å². The van der Waals surface area contributed by atoms with Crippen LogP contribution in [0.4, 0.5) is 5.82 Å². The average molecular weight is 318 g/mol. The van der Waals surface area contributed by atoms with E-state index < -0.39 is 5.97 Å². The zero-order valence-electron chi connectivity index (χ0n) is 13.2. The van der Waals surface area contributed by atoms with Crippen LogP contribution in [0.25, 0.3) is 5.69 Å². The number of Topliss-reactive ketones (excluding diaryl/α,β-unsaturated/α-hetero) is 1. The highest BCUT2D eigenvalue weighted by atomic mass is 16.5. The van der Waals surface area contributed by atoms with Crippen molar-refractivity contribution in [2.45, 2.75) is 13.8 Å². The van der Waals surface area contributed by atoms with Crippen LogP contribution in [0, 0.1) is 0 Å². The number of hydrogen-bond acceptors (Lipinski definition) is 7. The highest BCUT2D eigenvalue weighted by Crippen LogP contribution is 2.21. The second-order valence-corrected chi connectivity index (χ2v) is 4.61. The number of nitrogens with one attached hydrogen (secondary N) is 1. The van der Waals surface area contributed by atoms with E-state index in [0.717, 1.165) is 0 Å². The lowest BCUT2D eigenvalue weighted by atomic mass is 10.3. The summed E-state index contributed by atoms with van der Waals surface area (Å²) >= 11 is 0. The predicted octanol–water partition coefficient (Wildman–Crippen LogP) is 1.45. The monoisotopic (exact) mass is 318 g/mol. The minimum atomic E-state index is -0.426. The summed E-state index contributed by atoms with van der Waals surface area (Å²) in [6.07, 6.45) is 0. The average Bonchev–Trinajstić information content (AvgIpc) is 2.97. The molecule has 0 aliphatic rings. The summed E-state index contributed by atoms with van der Waals surface area (Å²) in [5.74, 6) is 0.359.